The summed E-state index contributed by atoms with van der Waals surface area (Å²) in [4.78, 5) is 0. The van der Waals surface area contributed by atoms with Crippen LogP contribution in [0.25, 0.3) is 0 Å². The Morgan fingerprint density at radius 1 is 1.27 bits per heavy atom. The second-order valence-electron chi connectivity index (χ2n) is 4.07. The minimum Gasteiger partial charge on any atom is -0.353 e. The van der Waals surface area contributed by atoms with E-state index in [1.165, 1.54) is 25.7 Å². The molecule has 0 radical (unpaired) electrons. The van der Waals surface area contributed by atoms with Crippen molar-refractivity contribution in [3.05, 3.63) is 12.2 Å². The van der Waals surface area contributed by atoms with Crippen molar-refractivity contribution in [3.8, 4) is 0 Å². The number of hydrogen-bond donors (Lipinski definition) is 0. The average molecular weight is 212 g/mol. The van der Waals surface area contributed by atoms with E-state index in [9.17, 15) is 0 Å². The van der Waals surface area contributed by atoms with E-state index < -0.39 is 0 Å². The van der Waals surface area contributed by atoms with Gasteiger partial charge in [0.25, 0.3) is 0 Å². The highest BCUT2D eigenvalue weighted by Crippen LogP contribution is 2.13. The minimum atomic E-state index is 0.0818. The van der Waals surface area contributed by atoms with Crippen LogP contribution in [0.2, 0.25) is 0 Å². The number of ether oxygens (including phenoxy) is 2. The third kappa shape index (κ3) is 6.69. The number of hydrogen-bond acceptors (Lipinski definition) is 2. The third-order valence-electron chi connectivity index (χ3n) is 2.58. The molecule has 0 amide bonds. The van der Waals surface area contributed by atoms with E-state index in [0.29, 0.717) is 0 Å². The van der Waals surface area contributed by atoms with Crippen molar-refractivity contribution >= 4 is 0 Å². The van der Waals surface area contributed by atoms with Gasteiger partial charge in [-0.25, -0.2) is 0 Å². The van der Waals surface area contributed by atoms with Gasteiger partial charge in [-0.3, -0.25) is 0 Å². The zero-order valence-electron chi connectivity index (χ0n) is 9.91. The first-order valence-electron chi connectivity index (χ1n) is 6.31. The number of unbranched alkanes of at least 4 members (excludes halogenated alkanes) is 2. The van der Waals surface area contributed by atoms with E-state index in [1.807, 2.05) is 0 Å². The van der Waals surface area contributed by atoms with Crippen molar-refractivity contribution in [3.63, 3.8) is 0 Å². The second-order valence-corrected chi connectivity index (χ2v) is 4.07. The fourth-order valence-electron chi connectivity index (χ4n) is 1.66. The molecule has 1 unspecified atom stereocenters. The molecule has 1 atom stereocenters. The topological polar surface area (TPSA) is 18.5 Å². The van der Waals surface area contributed by atoms with E-state index in [4.69, 9.17) is 9.47 Å². The number of rotatable bonds is 7. The summed E-state index contributed by atoms with van der Waals surface area (Å²) in [6, 6.07) is 0. The van der Waals surface area contributed by atoms with Gasteiger partial charge >= 0.3 is 0 Å². The van der Waals surface area contributed by atoms with Crippen molar-refractivity contribution in [1.29, 1.82) is 0 Å². The normalized spacial score (nSPS) is 22.3. The SMILES string of the molecule is CCC/C=C/CCCOC1CCCCO1. The maximum Gasteiger partial charge on any atom is 0.157 e. The Labute approximate surface area is 93.7 Å². The van der Waals surface area contributed by atoms with Crippen molar-refractivity contribution < 1.29 is 9.47 Å². The summed E-state index contributed by atoms with van der Waals surface area (Å²) >= 11 is 0. The summed E-state index contributed by atoms with van der Waals surface area (Å²) < 4.78 is 11.1. The molecule has 0 aromatic carbocycles. The van der Waals surface area contributed by atoms with E-state index in [1.54, 1.807) is 0 Å². The zero-order valence-corrected chi connectivity index (χ0v) is 9.91. The predicted molar refractivity (Wildman–Crippen MR) is 62.8 cm³/mol. The molecule has 2 nitrogen and oxygen atoms in total. The molecule has 0 N–H and O–H groups in total. The Bertz CT molecular complexity index is 160. The molecular formula is C13H24O2. The van der Waals surface area contributed by atoms with Crippen LogP contribution in [-0.4, -0.2) is 19.5 Å². The first kappa shape index (κ1) is 12.7. The van der Waals surface area contributed by atoms with Gasteiger partial charge in [0.15, 0.2) is 6.29 Å². The van der Waals surface area contributed by atoms with Gasteiger partial charge < -0.3 is 9.47 Å². The standard InChI is InChI=1S/C13H24O2/c1-2-3-4-5-6-8-11-14-13-10-7-9-12-15-13/h4-5,13H,2-3,6-12H2,1H3/b5-4+. The van der Waals surface area contributed by atoms with Gasteiger partial charge in [0, 0.05) is 6.61 Å². The molecule has 0 bridgehead atoms. The largest absolute Gasteiger partial charge is 0.353 e. The van der Waals surface area contributed by atoms with Gasteiger partial charge in [0.05, 0.1) is 6.61 Å². The van der Waals surface area contributed by atoms with Gasteiger partial charge in [-0.05, 0) is 38.5 Å². The lowest BCUT2D eigenvalue weighted by Crippen LogP contribution is -2.22. The summed E-state index contributed by atoms with van der Waals surface area (Å²) in [5, 5.41) is 0. The summed E-state index contributed by atoms with van der Waals surface area (Å²) in [7, 11) is 0. The van der Waals surface area contributed by atoms with Crippen LogP contribution in [0.5, 0.6) is 0 Å². The quantitative estimate of drug-likeness (QED) is 0.473. The lowest BCUT2D eigenvalue weighted by Gasteiger charge is -2.22. The molecule has 1 saturated heterocycles. The Balaban J connectivity index is 1.87. The first-order chi connectivity index (χ1) is 7.43. The summed E-state index contributed by atoms with van der Waals surface area (Å²) in [5.74, 6) is 0. The van der Waals surface area contributed by atoms with Crippen LogP contribution >= 0.6 is 0 Å². The van der Waals surface area contributed by atoms with Crippen LogP contribution in [-0.2, 0) is 9.47 Å². The molecular weight excluding hydrogens is 188 g/mol. The smallest absolute Gasteiger partial charge is 0.157 e. The molecule has 1 heterocycles. The Kier molecular flexibility index (Phi) is 7.58. The van der Waals surface area contributed by atoms with Crippen LogP contribution in [0.15, 0.2) is 12.2 Å². The Morgan fingerprint density at radius 2 is 2.13 bits per heavy atom. The number of allylic oxidation sites excluding steroid dienone is 2. The van der Waals surface area contributed by atoms with E-state index in [0.717, 1.165) is 32.5 Å². The third-order valence-corrected chi connectivity index (χ3v) is 2.58. The second kappa shape index (κ2) is 8.93. The molecule has 0 spiro atoms. The summed E-state index contributed by atoms with van der Waals surface area (Å²) in [6.45, 7) is 3.91. The monoisotopic (exact) mass is 212 g/mol. The van der Waals surface area contributed by atoms with Gasteiger partial charge in [-0.1, -0.05) is 25.5 Å². The highest BCUT2D eigenvalue weighted by molar-refractivity contribution is 4.80. The van der Waals surface area contributed by atoms with Crippen LogP contribution < -0.4 is 0 Å². The van der Waals surface area contributed by atoms with Gasteiger partial charge in [0.2, 0.25) is 0 Å². The molecule has 15 heavy (non-hydrogen) atoms. The molecule has 0 aromatic heterocycles. The fraction of sp³-hybridized carbons (Fsp3) is 0.846. The van der Waals surface area contributed by atoms with E-state index >= 15 is 0 Å². The highest BCUT2D eigenvalue weighted by atomic mass is 16.7. The lowest BCUT2D eigenvalue weighted by atomic mass is 10.2. The molecule has 1 rings (SSSR count). The van der Waals surface area contributed by atoms with Crippen molar-refractivity contribution in [2.45, 2.75) is 58.2 Å². The van der Waals surface area contributed by atoms with Crippen LogP contribution in [0, 0.1) is 0 Å². The molecule has 1 aliphatic heterocycles. The molecule has 0 saturated carbocycles. The predicted octanol–water partition coefficient (Wildman–Crippen LogP) is 3.67. The molecule has 2 heteroatoms. The van der Waals surface area contributed by atoms with E-state index in [-0.39, 0.29) is 6.29 Å². The van der Waals surface area contributed by atoms with Crippen LogP contribution in [0.3, 0.4) is 0 Å². The first-order valence-corrected chi connectivity index (χ1v) is 6.31. The molecule has 0 aliphatic carbocycles. The maximum absolute atomic E-state index is 5.63. The summed E-state index contributed by atoms with van der Waals surface area (Å²) in [6.07, 6.45) is 12.8. The van der Waals surface area contributed by atoms with Gasteiger partial charge in [-0.15, -0.1) is 0 Å². The van der Waals surface area contributed by atoms with Crippen molar-refractivity contribution in [2.75, 3.05) is 13.2 Å². The Morgan fingerprint density at radius 3 is 2.87 bits per heavy atom. The molecule has 1 aliphatic rings. The maximum atomic E-state index is 5.63. The van der Waals surface area contributed by atoms with Crippen LogP contribution in [0.4, 0.5) is 0 Å². The minimum absolute atomic E-state index is 0.0818. The van der Waals surface area contributed by atoms with Gasteiger partial charge in [-0.2, -0.15) is 0 Å². The lowest BCUT2D eigenvalue weighted by molar-refractivity contribution is -0.162. The van der Waals surface area contributed by atoms with Gasteiger partial charge in [0.1, 0.15) is 0 Å². The Hall–Kier alpha value is -0.340. The van der Waals surface area contributed by atoms with E-state index in [2.05, 4.69) is 19.1 Å². The molecule has 1 fully saturated rings. The molecule has 88 valence electrons. The van der Waals surface area contributed by atoms with Crippen LogP contribution in [0.1, 0.15) is 51.9 Å². The fourth-order valence-corrected chi connectivity index (χ4v) is 1.66. The zero-order chi connectivity index (χ0) is 10.8. The highest BCUT2D eigenvalue weighted by Gasteiger charge is 2.12. The summed E-state index contributed by atoms with van der Waals surface area (Å²) in [5.41, 5.74) is 0. The van der Waals surface area contributed by atoms with Crippen molar-refractivity contribution in [1.82, 2.24) is 0 Å². The average Bonchev–Trinajstić information content (AvgIpc) is 2.29. The molecule has 0 aromatic rings. The van der Waals surface area contributed by atoms with Crippen molar-refractivity contribution in [2.24, 2.45) is 0 Å².